The van der Waals surface area contributed by atoms with Crippen LogP contribution < -0.4 is 4.90 Å². The highest BCUT2D eigenvalue weighted by Gasteiger charge is 2.27. The van der Waals surface area contributed by atoms with E-state index in [1.807, 2.05) is 35.2 Å². The van der Waals surface area contributed by atoms with E-state index in [4.69, 9.17) is 4.74 Å². The lowest BCUT2D eigenvalue weighted by molar-refractivity contribution is -0.121. The van der Waals surface area contributed by atoms with Crippen molar-refractivity contribution in [3.8, 4) is 0 Å². The molecule has 0 N–H and O–H groups in total. The van der Waals surface area contributed by atoms with Crippen molar-refractivity contribution in [2.45, 2.75) is 77.0 Å². The number of nitrogens with zero attached hydrogens (tertiary/aromatic N) is 2. The molecule has 1 heterocycles. The molecule has 4 nitrogen and oxygen atoms in total. The highest BCUT2D eigenvalue weighted by molar-refractivity contribution is 5.95. The molecule has 2 aliphatic rings. The Morgan fingerprint density at radius 3 is 2.27 bits per heavy atom. The number of hydrogen-bond donors (Lipinski definition) is 0. The van der Waals surface area contributed by atoms with Gasteiger partial charge in [0.2, 0.25) is 5.91 Å². The Balaban J connectivity index is 1.47. The first-order valence-corrected chi connectivity index (χ1v) is 10.4. The summed E-state index contributed by atoms with van der Waals surface area (Å²) in [6.07, 6.45) is 9.46. The van der Waals surface area contributed by atoms with E-state index in [9.17, 15) is 4.79 Å². The summed E-state index contributed by atoms with van der Waals surface area (Å²) < 4.78 is 6.32. The summed E-state index contributed by atoms with van der Waals surface area (Å²) in [6, 6.07) is 10.2. The number of likely N-dealkylation sites (tertiary alicyclic amines) is 1. The van der Waals surface area contributed by atoms with Crippen LogP contribution in [0.3, 0.4) is 0 Å². The van der Waals surface area contributed by atoms with Gasteiger partial charge in [-0.15, -0.1) is 0 Å². The molecule has 0 radical (unpaired) electrons. The van der Waals surface area contributed by atoms with Crippen molar-refractivity contribution in [2.75, 3.05) is 24.5 Å². The molecular formula is C22H34N2O2. The predicted octanol–water partition coefficient (Wildman–Crippen LogP) is 4.24. The molecule has 1 aliphatic carbocycles. The fraction of sp³-hybridized carbons (Fsp3) is 0.682. The fourth-order valence-corrected chi connectivity index (χ4v) is 4.26. The average molecular weight is 359 g/mol. The summed E-state index contributed by atoms with van der Waals surface area (Å²) in [5.41, 5.74) is 0.989. The highest BCUT2D eigenvalue weighted by Crippen LogP contribution is 2.25. The largest absolute Gasteiger partial charge is 0.375 e. The second-order valence-electron chi connectivity index (χ2n) is 8.06. The van der Waals surface area contributed by atoms with Crippen LogP contribution in [0.25, 0.3) is 0 Å². The molecule has 0 spiro atoms. The third kappa shape index (κ3) is 5.31. The number of para-hydroxylation sites is 1. The standard InChI is InChI=1S/C22H34N2O2/c1-18(2)24(19-9-5-3-6-10-19)22(25)17-23-15-13-21(14-16-23)26-20-11-7-4-8-12-20/h3,5-6,9-10,18,20-21H,4,7-8,11-17H2,1-2H3. The number of anilines is 1. The molecule has 144 valence electrons. The molecule has 1 aromatic rings. The van der Waals surface area contributed by atoms with E-state index >= 15 is 0 Å². The van der Waals surface area contributed by atoms with Crippen LogP contribution in [0.15, 0.2) is 30.3 Å². The molecule has 26 heavy (non-hydrogen) atoms. The van der Waals surface area contributed by atoms with E-state index < -0.39 is 0 Å². The van der Waals surface area contributed by atoms with Crippen LogP contribution >= 0.6 is 0 Å². The molecule has 4 heteroatoms. The topological polar surface area (TPSA) is 32.8 Å². The first-order valence-electron chi connectivity index (χ1n) is 10.4. The van der Waals surface area contributed by atoms with Gasteiger partial charge in [-0.2, -0.15) is 0 Å². The molecule has 3 rings (SSSR count). The van der Waals surface area contributed by atoms with Crippen LogP contribution in [0, 0.1) is 0 Å². The first-order chi connectivity index (χ1) is 12.6. The lowest BCUT2D eigenvalue weighted by Crippen LogP contribution is -2.47. The monoisotopic (exact) mass is 358 g/mol. The van der Waals surface area contributed by atoms with Crippen LogP contribution in [0.4, 0.5) is 5.69 Å². The number of benzene rings is 1. The van der Waals surface area contributed by atoms with Gasteiger partial charge in [0.25, 0.3) is 0 Å². The second-order valence-corrected chi connectivity index (χ2v) is 8.06. The van der Waals surface area contributed by atoms with Gasteiger partial charge in [0.1, 0.15) is 0 Å². The zero-order valence-electron chi connectivity index (χ0n) is 16.4. The van der Waals surface area contributed by atoms with Crippen molar-refractivity contribution >= 4 is 11.6 Å². The maximum Gasteiger partial charge on any atom is 0.241 e. The third-order valence-corrected chi connectivity index (χ3v) is 5.65. The van der Waals surface area contributed by atoms with Gasteiger partial charge in [-0.05, 0) is 51.7 Å². The number of ether oxygens (including phenoxy) is 1. The van der Waals surface area contributed by atoms with Crippen molar-refractivity contribution in [2.24, 2.45) is 0 Å². The number of hydrogen-bond acceptors (Lipinski definition) is 3. The molecule has 1 saturated heterocycles. The zero-order chi connectivity index (χ0) is 18.4. The van der Waals surface area contributed by atoms with Gasteiger partial charge in [0.05, 0.1) is 18.8 Å². The van der Waals surface area contributed by atoms with E-state index in [0.29, 0.717) is 18.8 Å². The van der Waals surface area contributed by atoms with Crippen LogP contribution in [0.1, 0.15) is 58.8 Å². The van der Waals surface area contributed by atoms with Crippen LogP contribution in [0.5, 0.6) is 0 Å². The summed E-state index contributed by atoms with van der Waals surface area (Å²) in [7, 11) is 0. The van der Waals surface area contributed by atoms with Gasteiger partial charge in [0.15, 0.2) is 0 Å². The Bertz CT molecular complexity index is 547. The summed E-state index contributed by atoms with van der Waals surface area (Å²) in [5, 5.41) is 0. The van der Waals surface area contributed by atoms with Crippen molar-refractivity contribution in [1.29, 1.82) is 0 Å². The van der Waals surface area contributed by atoms with Gasteiger partial charge in [0, 0.05) is 24.8 Å². The van der Waals surface area contributed by atoms with Crippen molar-refractivity contribution in [3.63, 3.8) is 0 Å². The summed E-state index contributed by atoms with van der Waals surface area (Å²) >= 11 is 0. The number of rotatable bonds is 6. The van der Waals surface area contributed by atoms with Gasteiger partial charge < -0.3 is 9.64 Å². The fourth-order valence-electron chi connectivity index (χ4n) is 4.26. The Kier molecular flexibility index (Phi) is 7.09. The molecular weight excluding hydrogens is 324 g/mol. The molecule has 1 saturated carbocycles. The Labute approximate surface area is 158 Å². The Hall–Kier alpha value is -1.39. The molecule has 0 unspecified atom stereocenters. The Morgan fingerprint density at radius 2 is 1.65 bits per heavy atom. The van der Waals surface area contributed by atoms with Crippen LogP contribution in [-0.4, -0.2) is 48.7 Å². The first kappa shape index (κ1) is 19.4. The molecule has 1 aromatic carbocycles. The minimum Gasteiger partial charge on any atom is -0.375 e. The van der Waals surface area contributed by atoms with Gasteiger partial charge in [-0.1, -0.05) is 37.5 Å². The van der Waals surface area contributed by atoms with E-state index in [-0.39, 0.29) is 11.9 Å². The molecule has 1 aliphatic heterocycles. The van der Waals surface area contributed by atoms with Gasteiger partial charge in [-0.3, -0.25) is 9.69 Å². The molecule has 1 amide bonds. The van der Waals surface area contributed by atoms with Crippen LogP contribution in [0.2, 0.25) is 0 Å². The normalized spacial score (nSPS) is 20.4. The summed E-state index contributed by atoms with van der Waals surface area (Å²) in [5.74, 6) is 0.192. The molecule has 2 fully saturated rings. The van der Waals surface area contributed by atoms with Crippen molar-refractivity contribution < 1.29 is 9.53 Å². The maximum atomic E-state index is 12.9. The lowest BCUT2D eigenvalue weighted by Gasteiger charge is -2.36. The molecule has 0 bridgehead atoms. The van der Waals surface area contributed by atoms with Crippen molar-refractivity contribution in [1.82, 2.24) is 4.90 Å². The number of piperidine rings is 1. The second kappa shape index (κ2) is 9.52. The molecule has 0 aromatic heterocycles. The quantitative estimate of drug-likeness (QED) is 0.762. The third-order valence-electron chi connectivity index (χ3n) is 5.65. The summed E-state index contributed by atoms with van der Waals surface area (Å²) in [6.45, 7) is 6.58. The minimum absolute atomic E-state index is 0.164. The van der Waals surface area contributed by atoms with E-state index in [2.05, 4.69) is 18.7 Å². The number of carbonyl (C=O) groups is 1. The maximum absolute atomic E-state index is 12.9. The van der Waals surface area contributed by atoms with Gasteiger partial charge >= 0.3 is 0 Å². The van der Waals surface area contributed by atoms with Crippen LogP contribution in [-0.2, 0) is 9.53 Å². The Morgan fingerprint density at radius 1 is 1.04 bits per heavy atom. The van der Waals surface area contributed by atoms with E-state index in [1.54, 1.807) is 0 Å². The zero-order valence-corrected chi connectivity index (χ0v) is 16.4. The minimum atomic E-state index is 0.164. The van der Waals surface area contributed by atoms with E-state index in [0.717, 1.165) is 31.6 Å². The molecule has 0 atom stereocenters. The number of carbonyl (C=O) groups excluding carboxylic acids is 1. The van der Waals surface area contributed by atoms with Gasteiger partial charge in [-0.25, -0.2) is 0 Å². The highest BCUT2D eigenvalue weighted by atomic mass is 16.5. The smallest absolute Gasteiger partial charge is 0.241 e. The predicted molar refractivity (Wildman–Crippen MR) is 106 cm³/mol. The summed E-state index contributed by atoms with van der Waals surface area (Å²) in [4.78, 5) is 17.1. The lowest BCUT2D eigenvalue weighted by atomic mass is 9.97. The SMILES string of the molecule is CC(C)N(C(=O)CN1CCC(OC2CCCCC2)CC1)c1ccccc1. The van der Waals surface area contributed by atoms with E-state index in [1.165, 1.54) is 32.1 Å². The van der Waals surface area contributed by atoms with Crippen molar-refractivity contribution in [3.05, 3.63) is 30.3 Å². The average Bonchev–Trinajstić information content (AvgIpc) is 2.65. The number of amides is 1.